The van der Waals surface area contributed by atoms with Crippen molar-refractivity contribution in [2.45, 2.75) is 31.2 Å². The van der Waals surface area contributed by atoms with E-state index < -0.39 is 9.05 Å². The number of halogens is 1. The number of carbonyl (C=O) groups excluding carboxylic acids is 1. The van der Waals surface area contributed by atoms with Gasteiger partial charge in [-0.3, -0.25) is 4.79 Å². The summed E-state index contributed by atoms with van der Waals surface area (Å²) in [6.45, 7) is 2.41. The maximum atomic E-state index is 11.6. The molecule has 0 aromatic heterocycles. The van der Waals surface area contributed by atoms with E-state index in [0.717, 1.165) is 12.0 Å². The van der Waals surface area contributed by atoms with E-state index in [1.165, 1.54) is 12.1 Å². The van der Waals surface area contributed by atoms with Gasteiger partial charge in [-0.25, -0.2) is 8.42 Å². The Bertz CT molecular complexity index is 511. The van der Waals surface area contributed by atoms with Gasteiger partial charge in [-0.05, 0) is 24.1 Å². The van der Waals surface area contributed by atoms with Crippen LogP contribution < -0.4 is 0 Å². The predicted octanol–water partition coefficient (Wildman–Crippen LogP) is 2.37. The average Bonchev–Trinajstić information content (AvgIpc) is 2.28. The second-order valence-corrected chi connectivity index (χ2v) is 6.65. The summed E-state index contributed by atoms with van der Waals surface area (Å²) in [6.07, 6.45) is 1.33. The van der Waals surface area contributed by atoms with Gasteiger partial charge in [0.15, 0.2) is 0 Å². The Hall–Kier alpha value is -1.07. The highest BCUT2D eigenvalue weighted by Crippen LogP contribution is 2.16. The Morgan fingerprint density at radius 3 is 2.28 bits per heavy atom. The van der Waals surface area contributed by atoms with Crippen LogP contribution in [0, 0.1) is 0 Å². The molecule has 0 spiro atoms. The average molecular weight is 290 g/mol. The summed E-state index contributed by atoms with van der Waals surface area (Å²) >= 11 is 0. The molecule has 0 aliphatic carbocycles. The Morgan fingerprint density at radius 2 is 1.83 bits per heavy atom. The molecule has 1 amide bonds. The molecule has 1 aromatic carbocycles. The molecule has 0 bridgehead atoms. The first kappa shape index (κ1) is 15.0. The summed E-state index contributed by atoms with van der Waals surface area (Å²) < 4.78 is 22.1. The number of hydrogen-bond donors (Lipinski definition) is 0. The molecule has 1 rings (SSSR count). The number of carbonyl (C=O) groups is 1. The fourth-order valence-corrected chi connectivity index (χ4v) is 2.29. The van der Waals surface area contributed by atoms with Crippen LogP contribution in [0.5, 0.6) is 0 Å². The van der Waals surface area contributed by atoms with Gasteiger partial charge in [-0.2, -0.15) is 0 Å². The van der Waals surface area contributed by atoms with E-state index in [4.69, 9.17) is 10.7 Å². The molecule has 0 N–H and O–H groups in total. The smallest absolute Gasteiger partial charge is 0.261 e. The van der Waals surface area contributed by atoms with Crippen molar-refractivity contribution in [3.05, 3.63) is 29.8 Å². The highest BCUT2D eigenvalue weighted by atomic mass is 35.7. The molecule has 18 heavy (non-hydrogen) atoms. The molecule has 0 saturated carbocycles. The lowest BCUT2D eigenvalue weighted by Gasteiger charge is -2.16. The topological polar surface area (TPSA) is 54.5 Å². The summed E-state index contributed by atoms with van der Waals surface area (Å²) in [5, 5.41) is 0. The van der Waals surface area contributed by atoms with E-state index >= 15 is 0 Å². The van der Waals surface area contributed by atoms with E-state index in [-0.39, 0.29) is 10.8 Å². The summed E-state index contributed by atoms with van der Waals surface area (Å²) in [5.74, 6) is 0.0755. The van der Waals surface area contributed by atoms with Crippen LogP contribution in [-0.2, 0) is 20.4 Å². The molecule has 0 aliphatic heterocycles. The second kappa shape index (κ2) is 6.20. The van der Waals surface area contributed by atoms with Crippen molar-refractivity contribution in [3.8, 4) is 0 Å². The first-order valence-corrected chi connectivity index (χ1v) is 7.93. The zero-order chi connectivity index (χ0) is 13.8. The number of nitrogens with zero attached hydrogens (tertiary/aromatic N) is 1. The van der Waals surface area contributed by atoms with Gasteiger partial charge in [0.25, 0.3) is 9.05 Å². The van der Waals surface area contributed by atoms with Crippen molar-refractivity contribution in [2.24, 2.45) is 0 Å². The third-order valence-corrected chi connectivity index (χ3v) is 3.88. The fourth-order valence-electron chi connectivity index (χ4n) is 1.52. The summed E-state index contributed by atoms with van der Waals surface area (Å²) in [7, 11) is 3.26. The maximum absolute atomic E-state index is 11.6. The van der Waals surface area contributed by atoms with Crippen LogP contribution >= 0.6 is 10.7 Å². The van der Waals surface area contributed by atoms with Crippen molar-refractivity contribution in [3.63, 3.8) is 0 Å². The standard InChI is InChI=1S/C12H16ClNO3S/c1-3-4-12(15)14(2)9-10-5-7-11(8-6-10)18(13,16)17/h5-8H,3-4,9H2,1-2H3. The van der Waals surface area contributed by atoms with Gasteiger partial charge < -0.3 is 4.90 Å². The molecule has 1 aromatic rings. The van der Waals surface area contributed by atoms with Crippen LogP contribution in [0.15, 0.2) is 29.2 Å². The van der Waals surface area contributed by atoms with Crippen LogP contribution in [0.2, 0.25) is 0 Å². The van der Waals surface area contributed by atoms with Gasteiger partial charge in [-0.15, -0.1) is 0 Å². The van der Waals surface area contributed by atoms with Gasteiger partial charge in [0, 0.05) is 30.7 Å². The van der Waals surface area contributed by atoms with Crippen LogP contribution in [0.25, 0.3) is 0 Å². The van der Waals surface area contributed by atoms with E-state index in [9.17, 15) is 13.2 Å². The summed E-state index contributed by atoms with van der Waals surface area (Å²) in [6, 6.07) is 6.20. The van der Waals surface area contributed by atoms with Gasteiger partial charge in [-0.1, -0.05) is 19.1 Å². The summed E-state index contributed by atoms with van der Waals surface area (Å²) in [5.41, 5.74) is 0.867. The van der Waals surface area contributed by atoms with Gasteiger partial charge in [0.05, 0.1) is 4.90 Å². The molecule has 0 heterocycles. The van der Waals surface area contributed by atoms with E-state index in [1.54, 1.807) is 24.1 Å². The largest absolute Gasteiger partial charge is 0.341 e. The van der Waals surface area contributed by atoms with Crippen LogP contribution in [0.1, 0.15) is 25.3 Å². The molecule has 4 nitrogen and oxygen atoms in total. The molecular formula is C12H16ClNO3S. The lowest BCUT2D eigenvalue weighted by molar-refractivity contribution is -0.130. The number of amides is 1. The molecule has 0 aliphatic rings. The molecule has 0 fully saturated rings. The third kappa shape index (κ3) is 4.31. The Balaban J connectivity index is 2.73. The highest BCUT2D eigenvalue weighted by Gasteiger charge is 2.11. The van der Waals surface area contributed by atoms with Crippen LogP contribution in [-0.4, -0.2) is 26.3 Å². The summed E-state index contributed by atoms with van der Waals surface area (Å²) in [4.78, 5) is 13.3. The van der Waals surface area contributed by atoms with Crippen molar-refractivity contribution in [1.82, 2.24) is 4.90 Å². The van der Waals surface area contributed by atoms with Crippen LogP contribution in [0.3, 0.4) is 0 Å². The molecular weight excluding hydrogens is 274 g/mol. The minimum absolute atomic E-state index is 0.0652. The minimum Gasteiger partial charge on any atom is -0.341 e. The molecule has 0 unspecified atom stereocenters. The predicted molar refractivity (Wildman–Crippen MR) is 70.9 cm³/mol. The fraction of sp³-hybridized carbons (Fsp3) is 0.417. The molecule has 0 radical (unpaired) electrons. The zero-order valence-electron chi connectivity index (χ0n) is 10.4. The van der Waals surface area contributed by atoms with E-state index in [2.05, 4.69) is 0 Å². The maximum Gasteiger partial charge on any atom is 0.261 e. The minimum atomic E-state index is -3.68. The first-order chi connectivity index (χ1) is 8.34. The normalized spacial score (nSPS) is 11.3. The quantitative estimate of drug-likeness (QED) is 0.782. The second-order valence-electron chi connectivity index (χ2n) is 4.08. The lowest BCUT2D eigenvalue weighted by atomic mass is 10.2. The molecule has 100 valence electrons. The molecule has 0 atom stereocenters. The van der Waals surface area contributed by atoms with E-state index in [0.29, 0.717) is 13.0 Å². The number of benzene rings is 1. The van der Waals surface area contributed by atoms with Crippen molar-refractivity contribution >= 4 is 25.6 Å². The van der Waals surface area contributed by atoms with Gasteiger partial charge in [0.2, 0.25) is 5.91 Å². The van der Waals surface area contributed by atoms with Crippen molar-refractivity contribution in [2.75, 3.05) is 7.05 Å². The van der Waals surface area contributed by atoms with Crippen LogP contribution in [0.4, 0.5) is 0 Å². The number of rotatable bonds is 5. The van der Waals surface area contributed by atoms with E-state index in [1.807, 2.05) is 6.92 Å². The lowest BCUT2D eigenvalue weighted by Crippen LogP contribution is -2.25. The molecule has 0 saturated heterocycles. The van der Waals surface area contributed by atoms with Gasteiger partial charge in [0.1, 0.15) is 0 Å². The highest BCUT2D eigenvalue weighted by molar-refractivity contribution is 8.13. The zero-order valence-corrected chi connectivity index (χ0v) is 12.0. The van der Waals surface area contributed by atoms with Crippen molar-refractivity contribution in [1.29, 1.82) is 0 Å². The monoisotopic (exact) mass is 289 g/mol. The Morgan fingerprint density at radius 1 is 1.28 bits per heavy atom. The SMILES string of the molecule is CCCC(=O)N(C)Cc1ccc(S(=O)(=O)Cl)cc1. The molecule has 6 heteroatoms. The van der Waals surface area contributed by atoms with Gasteiger partial charge >= 0.3 is 0 Å². The van der Waals surface area contributed by atoms with Crippen molar-refractivity contribution < 1.29 is 13.2 Å². The number of hydrogen-bond acceptors (Lipinski definition) is 3. The first-order valence-electron chi connectivity index (χ1n) is 5.62. The Kier molecular flexibility index (Phi) is 5.16. The third-order valence-electron chi connectivity index (χ3n) is 2.51. The Labute approximate surface area is 112 Å².